The van der Waals surface area contributed by atoms with Crippen LogP contribution in [0.25, 0.3) is 0 Å². The van der Waals surface area contributed by atoms with Crippen LogP contribution in [0.2, 0.25) is 0 Å². The molecule has 16 heteroatoms. The second-order valence-corrected chi connectivity index (χ2v) is 16.0. The van der Waals surface area contributed by atoms with E-state index in [0.29, 0.717) is 13.0 Å². The summed E-state index contributed by atoms with van der Waals surface area (Å²) in [4.78, 5) is 27.4. The van der Waals surface area contributed by atoms with Crippen LogP contribution >= 0.6 is 98.7 Å². The minimum absolute atomic E-state index is 0.114. The van der Waals surface area contributed by atoms with E-state index in [4.69, 9.17) is 36.7 Å². The molecule has 2 aromatic carbocycles. The van der Waals surface area contributed by atoms with Gasteiger partial charge in [-0.15, -0.1) is 0 Å². The average molecular weight is 699 g/mol. The van der Waals surface area contributed by atoms with E-state index in [0.717, 1.165) is 39.4 Å². The first-order valence-electron chi connectivity index (χ1n) is 11.7. The zero-order valence-electron chi connectivity index (χ0n) is 21.1. The molecule has 1 aliphatic heterocycles. The van der Waals surface area contributed by atoms with Crippen LogP contribution in [0.3, 0.4) is 0 Å². The second kappa shape index (κ2) is 15.4. The monoisotopic (exact) mass is 698 g/mol. The average Bonchev–Trinajstić information content (AvgIpc) is 3.74. The fraction of sp³-hybridized carbons (Fsp3) is 0.208. The van der Waals surface area contributed by atoms with Crippen molar-refractivity contribution in [3.05, 3.63) is 72.0 Å². The Kier molecular flexibility index (Phi) is 11.9. The summed E-state index contributed by atoms with van der Waals surface area (Å²) in [5, 5.41) is 5.15. The number of carbonyl (C=O) groups is 1. The van der Waals surface area contributed by atoms with Crippen LogP contribution in [0.5, 0.6) is 0 Å². The van der Waals surface area contributed by atoms with Crippen LogP contribution in [-0.4, -0.2) is 33.9 Å². The number of fused-ring (bicyclic) bond motifs is 1. The molecule has 0 saturated carbocycles. The molecule has 4 heterocycles. The largest absolute Gasteiger partial charge is 0.317 e. The van der Waals surface area contributed by atoms with E-state index in [1.807, 2.05) is 18.2 Å². The molecule has 1 N–H and O–H groups in total. The molecule has 0 atom stereocenters. The van der Waals surface area contributed by atoms with Gasteiger partial charge in [0.2, 0.25) is 21.3 Å². The molecule has 0 saturated heterocycles. The molecule has 7 nitrogen and oxygen atoms in total. The maximum absolute atomic E-state index is 10.4. The molecule has 1 aliphatic rings. The van der Waals surface area contributed by atoms with Crippen molar-refractivity contribution in [2.45, 2.75) is 20.3 Å². The lowest BCUT2D eigenvalue weighted by Gasteiger charge is -2.18. The fourth-order valence-corrected chi connectivity index (χ4v) is 9.74. The molecule has 0 aliphatic carbocycles. The maximum atomic E-state index is 10.4. The van der Waals surface area contributed by atoms with Crippen molar-refractivity contribution in [1.29, 1.82) is 0 Å². The lowest BCUT2D eigenvalue weighted by atomic mass is 10.2. The Bertz CT molecular complexity index is 1650. The number of anilines is 5. The molecule has 5 aromatic rings. The number of para-hydroxylation sites is 2. The number of carbonyl (C=O) groups excluding carboxylic acids is 1. The molecule has 0 fully saturated rings. The summed E-state index contributed by atoms with van der Waals surface area (Å²) in [6.45, 7) is 5.48. The number of hydrogen-bond donors (Lipinski definition) is 1. The Morgan fingerprint density at radius 3 is 2.12 bits per heavy atom. The van der Waals surface area contributed by atoms with E-state index in [-0.39, 0.29) is 5.91 Å². The van der Waals surface area contributed by atoms with Gasteiger partial charge in [-0.1, -0.05) is 36.4 Å². The Hall–Kier alpha value is -1.89. The summed E-state index contributed by atoms with van der Waals surface area (Å²) in [5.74, 6) is -0.114. The predicted molar refractivity (Wildman–Crippen MR) is 183 cm³/mol. The third-order valence-corrected chi connectivity index (χ3v) is 12.9. The zero-order chi connectivity index (χ0) is 28.5. The number of rotatable bonds is 5. The number of amides is 1. The number of nitrogens with one attached hydrogen (secondary N) is 1. The van der Waals surface area contributed by atoms with Gasteiger partial charge >= 0.3 is 0 Å². The highest BCUT2D eigenvalue weighted by Gasteiger charge is 2.21. The summed E-state index contributed by atoms with van der Waals surface area (Å²) in [7, 11) is 9.16. The quantitative estimate of drug-likeness (QED) is 0.143. The lowest BCUT2D eigenvalue weighted by Crippen LogP contribution is -2.15. The molecule has 6 rings (SSSR count). The van der Waals surface area contributed by atoms with Crippen LogP contribution in [0.4, 0.5) is 26.8 Å². The van der Waals surface area contributed by atoms with Gasteiger partial charge in [0.25, 0.3) is 0 Å². The molecule has 208 valence electrons. The van der Waals surface area contributed by atoms with Gasteiger partial charge in [-0.25, -0.2) is 0 Å². The van der Waals surface area contributed by atoms with Crippen molar-refractivity contribution in [2.75, 3.05) is 28.2 Å². The Morgan fingerprint density at radius 1 is 0.875 bits per heavy atom. The van der Waals surface area contributed by atoms with Crippen LogP contribution < -0.4 is 15.1 Å². The van der Waals surface area contributed by atoms with Gasteiger partial charge in [0.05, 0.1) is 0 Å². The molecule has 40 heavy (non-hydrogen) atoms. The zero-order valence-corrected chi connectivity index (χ0v) is 28.5. The second-order valence-electron chi connectivity index (χ2n) is 7.79. The van der Waals surface area contributed by atoms with Gasteiger partial charge in [0.1, 0.15) is 0 Å². The van der Waals surface area contributed by atoms with Gasteiger partial charge in [0, 0.05) is 31.4 Å². The van der Waals surface area contributed by atoms with Crippen molar-refractivity contribution in [3.8, 4) is 0 Å². The van der Waals surface area contributed by atoms with Crippen LogP contribution in [0, 0.1) is 11.9 Å². The first-order chi connectivity index (χ1) is 19.3. The predicted octanol–water partition coefficient (Wildman–Crippen LogP) is 9.61. The van der Waals surface area contributed by atoms with Gasteiger partial charge in [0.15, 0.2) is 11.9 Å². The number of benzene rings is 2. The molecule has 0 radical (unpaired) electrons. The normalized spacial score (nSPS) is 11.5. The van der Waals surface area contributed by atoms with Crippen molar-refractivity contribution in [3.63, 3.8) is 0 Å². The summed E-state index contributed by atoms with van der Waals surface area (Å²) in [6, 6.07) is 18.7. The minimum Gasteiger partial charge on any atom is -0.317 e. The first-order valence-corrected chi connectivity index (χ1v) is 19.4. The Balaban J connectivity index is 0.000000142. The highest BCUT2D eigenvalue weighted by Crippen LogP contribution is 2.36. The number of aromatic nitrogens is 3. The molecule has 3 aromatic heterocycles. The summed E-state index contributed by atoms with van der Waals surface area (Å²) >= 11 is 14.9. The molecule has 1 amide bonds. The molecule has 0 bridgehead atoms. The highest BCUT2D eigenvalue weighted by atomic mass is 32.9. The SMILES string of the molecule is CC(=O)Nc1nc(=S)ss1.CCN(c1ccccc1)c1nc(=S)ss1.S=c1nc(N2CCc3ccccc32)ss1. The molecular formula is C24H22N6OS9. The van der Waals surface area contributed by atoms with Crippen molar-refractivity contribution >= 4 is 131 Å². The van der Waals surface area contributed by atoms with Gasteiger partial charge in [-0.05, 0) is 136 Å². The van der Waals surface area contributed by atoms with Gasteiger partial charge < -0.3 is 15.1 Å². The smallest absolute Gasteiger partial charge is 0.223 e. The summed E-state index contributed by atoms with van der Waals surface area (Å²) in [5.41, 5.74) is 3.86. The minimum atomic E-state index is -0.114. The third kappa shape index (κ3) is 8.80. The molecule has 0 spiro atoms. The Morgan fingerprint density at radius 2 is 1.52 bits per heavy atom. The maximum Gasteiger partial charge on any atom is 0.223 e. The number of hydrogen-bond acceptors (Lipinski definition) is 15. The fourth-order valence-electron chi connectivity index (χ4n) is 3.56. The van der Waals surface area contributed by atoms with E-state index in [9.17, 15) is 4.79 Å². The number of nitrogens with zero attached hydrogens (tertiary/aromatic N) is 5. The van der Waals surface area contributed by atoms with Gasteiger partial charge in [-0.3, -0.25) is 4.79 Å². The van der Waals surface area contributed by atoms with E-state index < -0.39 is 0 Å². The topological polar surface area (TPSA) is 74.2 Å². The van der Waals surface area contributed by atoms with Crippen molar-refractivity contribution < 1.29 is 4.79 Å². The summed E-state index contributed by atoms with van der Waals surface area (Å²) < 4.78 is 2.01. The van der Waals surface area contributed by atoms with Crippen molar-refractivity contribution in [2.24, 2.45) is 0 Å². The van der Waals surface area contributed by atoms with E-state index in [1.54, 1.807) is 41.4 Å². The standard InChI is InChI=1S/C10H8N2S3.C10H10N2S3.C4H4N2OS3/c13-10-11-9(14-15-10)12-6-5-7-3-1-2-4-8(7)12;1-2-12(8-6-4-3-5-7-8)9-11-10(13)15-14-9;1-2(7)5-3-6-4(8)10-9-3/h1-4H,5-6H2;3-7H,2H2,1H3;1H3,(H,5,6,7,8). The molecule has 0 unspecified atom stereocenters. The highest BCUT2D eigenvalue weighted by molar-refractivity contribution is 7.80. The molecular weight excluding hydrogens is 677 g/mol. The van der Waals surface area contributed by atoms with Crippen LogP contribution in [-0.2, 0) is 11.2 Å². The Labute approximate surface area is 269 Å². The first kappa shape index (κ1) is 31.1. The van der Waals surface area contributed by atoms with Gasteiger partial charge in [-0.2, -0.15) is 15.0 Å². The van der Waals surface area contributed by atoms with E-state index in [1.165, 1.54) is 38.9 Å². The summed E-state index contributed by atoms with van der Waals surface area (Å²) in [6.07, 6.45) is 1.10. The van der Waals surface area contributed by atoms with Crippen molar-refractivity contribution in [1.82, 2.24) is 15.0 Å². The van der Waals surface area contributed by atoms with E-state index >= 15 is 0 Å². The third-order valence-electron chi connectivity index (χ3n) is 5.15. The van der Waals surface area contributed by atoms with Crippen LogP contribution in [0.15, 0.2) is 54.6 Å². The lowest BCUT2D eigenvalue weighted by molar-refractivity contribution is -0.114. The van der Waals surface area contributed by atoms with Crippen LogP contribution in [0.1, 0.15) is 19.4 Å². The van der Waals surface area contributed by atoms with E-state index in [2.05, 4.69) is 73.4 Å².